The fourth-order valence-electron chi connectivity index (χ4n) is 2.92. The third-order valence-corrected chi connectivity index (χ3v) is 5.56. The Balaban J connectivity index is 2.54. The van der Waals surface area contributed by atoms with E-state index in [-0.39, 0.29) is 11.0 Å². The van der Waals surface area contributed by atoms with Crippen molar-refractivity contribution in [3.05, 3.63) is 28.9 Å². The number of ether oxygens (including phenoxy) is 1. The number of nitrogens with zero attached hydrogens (tertiary/aromatic N) is 2. The second-order valence-corrected chi connectivity index (χ2v) is 10.3. The van der Waals surface area contributed by atoms with Crippen molar-refractivity contribution in [3.8, 4) is 0 Å². The van der Waals surface area contributed by atoms with E-state index in [9.17, 15) is 5.11 Å². The van der Waals surface area contributed by atoms with Crippen LogP contribution in [0.4, 0.5) is 0 Å². The molecule has 0 bridgehead atoms. The zero-order valence-corrected chi connectivity index (χ0v) is 20.3. The summed E-state index contributed by atoms with van der Waals surface area (Å²) in [5.74, 6) is 1.12. The van der Waals surface area contributed by atoms with Crippen molar-refractivity contribution in [1.82, 2.24) is 9.97 Å². The van der Waals surface area contributed by atoms with Gasteiger partial charge in [-0.25, -0.2) is 9.97 Å². The number of hydrogen-bond donors (Lipinski definition) is 1. The first kappa shape index (κ1) is 25.8. The second-order valence-electron chi connectivity index (χ2n) is 10.3. The Morgan fingerprint density at radius 1 is 1.14 bits per heavy atom. The molecular formula is C25H44N2O2. The monoisotopic (exact) mass is 404 g/mol. The molecule has 0 saturated carbocycles. The number of aliphatic hydroxyl groups is 1. The molecule has 4 nitrogen and oxygen atoms in total. The van der Waals surface area contributed by atoms with Crippen molar-refractivity contribution in [3.63, 3.8) is 0 Å². The van der Waals surface area contributed by atoms with Crippen LogP contribution >= 0.6 is 0 Å². The van der Waals surface area contributed by atoms with Crippen molar-refractivity contribution in [2.24, 2.45) is 11.3 Å². The summed E-state index contributed by atoms with van der Waals surface area (Å²) in [4.78, 5) is 9.00. The van der Waals surface area contributed by atoms with E-state index in [4.69, 9.17) is 4.74 Å². The molecule has 0 radical (unpaired) electrons. The summed E-state index contributed by atoms with van der Waals surface area (Å²) in [5.41, 5.74) is 3.28. The molecule has 0 aromatic carbocycles. The Labute approximate surface area is 179 Å². The van der Waals surface area contributed by atoms with Gasteiger partial charge < -0.3 is 9.84 Å². The van der Waals surface area contributed by atoms with Gasteiger partial charge in [0.15, 0.2) is 5.82 Å². The summed E-state index contributed by atoms with van der Waals surface area (Å²) in [6.07, 6.45) is 8.42. The summed E-state index contributed by atoms with van der Waals surface area (Å²) >= 11 is 0. The van der Waals surface area contributed by atoms with E-state index in [1.54, 1.807) is 0 Å². The Morgan fingerprint density at radius 3 is 2.28 bits per heavy atom. The molecule has 0 aliphatic rings. The largest absolute Gasteiger partial charge is 0.385 e. The van der Waals surface area contributed by atoms with Gasteiger partial charge in [0, 0.05) is 17.5 Å². The molecule has 2 atom stereocenters. The zero-order valence-electron chi connectivity index (χ0n) is 20.3. The van der Waals surface area contributed by atoms with E-state index in [1.165, 1.54) is 5.57 Å². The van der Waals surface area contributed by atoms with Gasteiger partial charge in [0.2, 0.25) is 0 Å². The summed E-state index contributed by atoms with van der Waals surface area (Å²) in [5, 5.41) is 10.5. The Bertz CT molecular complexity index is 654. The highest BCUT2D eigenvalue weighted by Gasteiger charge is 2.17. The third kappa shape index (κ3) is 9.86. The summed E-state index contributed by atoms with van der Waals surface area (Å²) in [7, 11) is 0. The van der Waals surface area contributed by atoms with E-state index in [1.807, 2.05) is 13.1 Å². The summed E-state index contributed by atoms with van der Waals surface area (Å²) < 4.78 is 5.93. The van der Waals surface area contributed by atoms with Gasteiger partial charge in [-0.1, -0.05) is 58.6 Å². The van der Waals surface area contributed by atoms with Crippen molar-refractivity contribution < 1.29 is 9.84 Å². The molecule has 1 aromatic rings. The van der Waals surface area contributed by atoms with Gasteiger partial charge in [-0.3, -0.25) is 0 Å². The zero-order chi connectivity index (χ0) is 22.2. The maximum absolute atomic E-state index is 10.5. The molecule has 1 heterocycles. The quantitative estimate of drug-likeness (QED) is 0.442. The maximum Gasteiger partial charge on any atom is 0.157 e. The lowest BCUT2D eigenvalue weighted by Gasteiger charge is -2.24. The van der Waals surface area contributed by atoms with Crippen LogP contribution in [0.2, 0.25) is 0 Å². The first-order valence-electron chi connectivity index (χ1n) is 11.2. The van der Waals surface area contributed by atoms with Gasteiger partial charge in [-0.15, -0.1) is 0 Å². The number of aryl methyl sites for hydroxylation is 1. The Kier molecular flexibility index (Phi) is 9.97. The van der Waals surface area contributed by atoms with E-state index >= 15 is 0 Å². The van der Waals surface area contributed by atoms with Crippen molar-refractivity contribution in [2.45, 2.75) is 106 Å². The number of hydrogen-bond acceptors (Lipinski definition) is 4. The second kappa shape index (κ2) is 11.2. The number of rotatable bonds is 10. The van der Waals surface area contributed by atoms with Gasteiger partial charge in [0.05, 0.1) is 12.2 Å². The van der Waals surface area contributed by atoms with Gasteiger partial charge in [-0.05, 0) is 58.8 Å². The Hall–Kier alpha value is -1.26. The lowest BCUT2D eigenvalue weighted by molar-refractivity contribution is -0.0244. The molecule has 29 heavy (non-hydrogen) atoms. The van der Waals surface area contributed by atoms with Crippen LogP contribution < -0.4 is 0 Å². The SMILES string of the molecule is CC[C@H](CCCCC(O)c1ncc(/C=C(\C)C(C)(C)C)c(C)n1)COC(C)(C)C. The lowest BCUT2D eigenvalue weighted by atomic mass is 9.86. The lowest BCUT2D eigenvalue weighted by Crippen LogP contribution is -2.23. The highest BCUT2D eigenvalue weighted by atomic mass is 16.5. The molecule has 1 aromatic heterocycles. The van der Waals surface area contributed by atoms with Crippen LogP contribution in [0.1, 0.15) is 111 Å². The minimum absolute atomic E-state index is 0.0778. The molecule has 0 spiro atoms. The summed E-state index contributed by atoms with van der Waals surface area (Å²) in [6, 6.07) is 0. The Morgan fingerprint density at radius 2 is 1.76 bits per heavy atom. The molecule has 0 aliphatic carbocycles. The first-order chi connectivity index (χ1) is 13.3. The average molecular weight is 405 g/mol. The molecule has 1 rings (SSSR count). The van der Waals surface area contributed by atoms with Gasteiger partial charge in [0.25, 0.3) is 0 Å². The highest BCUT2D eigenvalue weighted by molar-refractivity contribution is 5.54. The molecule has 0 saturated heterocycles. The molecular weight excluding hydrogens is 360 g/mol. The normalized spacial score (nSPS) is 15.4. The van der Waals surface area contributed by atoms with Crippen molar-refractivity contribution >= 4 is 6.08 Å². The molecule has 1 unspecified atom stereocenters. The van der Waals surface area contributed by atoms with Crippen molar-refractivity contribution in [1.29, 1.82) is 0 Å². The number of aliphatic hydroxyl groups excluding tert-OH is 1. The maximum atomic E-state index is 10.5. The average Bonchev–Trinajstić information content (AvgIpc) is 2.60. The fourth-order valence-corrected chi connectivity index (χ4v) is 2.92. The van der Waals surface area contributed by atoms with Gasteiger partial charge in [-0.2, -0.15) is 0 Å². The predicted molar refractivity (Wildman–Crippen MR) is 123 cm³/mol. The molecule has 4 heteroatoms. The number of aromatic nitrogens is 2. The van der Waals surface area contributed by atoms with E-state index < -0.39 is 6.10 Å². The summed E-state index contributed by atoms with van der Waals surface area (Å²) in [6.45, 7) is 20.1. The predicted octanol–water partition coefficient (Wildman–Crippen LogP) is 6.67. The molecule has 0 fully saturated rings. The minimum Gasteiger partial charge on any atom is -0.385 e. The van der Waals surface area contributed by atoms with Crippen LogP contribution in [0, 0.1) is 18.3 Å². The van der Waals surface area contributed by atoms with Gasteiger partial charge >= 0.3 is 0 Å². The molecule has 166 valence electrons. The molecule has 1 N–H and O–H groups in total. The van der Waals surface area contributed by atoms with Gasteiger partial charge in [0.1, 0.15) is 6.10 Å². The van der Waals surface area contributed by atoms with Crippen LogP contribution in [-0.4, -0.2) is 27.3 Å². The number of unbranched alkanes of at least 4 members (excludes halogenated alkanes) is 1. The topological polar surface area (TPSA) is 55.2 Å². The van der Waals surface area contributed by atoms with Crippen LogP contribution in [0.25, 0.3) is 6.08 Å². The van der Waals surface area contributed by atoms with Crippen LogP contribution in [-0.2, 0) is 4.74 Å². The van der Waals surface area contributed by atoms with Crippen LogP contribution in [0.3, 0.4) is 0 Å². The van der Waals surface area contributed by atoms with E-state index in [2.05, 4.69) is 71.4 Å². The fraction of sp³-hybridized carbons (Fsp3) is 0.760. The first-order valence-corrected chi connectivity index (χ1v) is 11.2. The van der Waals surface area contributed by atoms with E-state index in [0.29, 0.717) is 18.2 Å². The van der Waals surface area contributed by atoms with E-state index in [0.717, 1.165) is 43.5 Å². The van der Waals surface area contributed by atoms with Crippen molar-refractivity contribution in [2.75, 3.05) is 6.61 Å². The third-order valence-electron chi connectivity index (χ3n) is 5.56. The van der Waals surface area contributed by atoms with Crippen LogP contribution in [0.15, 0.2) is 11.8 Å². The minimum atomic E-state index is -0.596. The molecule has 0 aliphatic heterocycles. The molecule has 0 amide bonds. The van der Waals surface area contributed by atoms with Crippen LogP contribution in [0.5, 0.6) is 0 Å². The number of allylic oxidation sites excluding steroid dienone is 1. The highest BCUT2D eigenvalue weighted by Crippen LogP contribution is 2.27. The standard InChI is InChI=1S/C25H44N2O2/c1-10-20(17-29-25(7,8)9)13-11-12-14-22(28)23-26-16-21(19(3)27-23)15-18(2)24(4,5)6/h15-16,20,22,28H,10-14,17H2,1-9H3/b18-15+/t20-,22?/m1/s1. The smallest absolute Gasteiger partial charge is 0.157 e.